The Morgan fingerprint density at radius 3 is 2.37 bits per heavy atom. The lowest BCUT2D eigenvalue weighted by Crippen LogP contribution is -2.44. The number of Topliss-reactive ketones (excluding diaryl/α,β-unsaturated/α-hetero) is 1. The Hall–Kier alpha value is -3.49. The number of esters is 2. The Balaban J connectivity index is 2.05. The quantitative estimate of drug-likeness (QED) is 0.234. The van der Waals surface area contributed by atoms with Crippen molar-refractivity contribution in [1.82, 2.24) is 0 Å². The second-order valence-electron chi connectivity index (χ2n) is 8.64. The van der Waals surface area contributed by atoms with Crippen molar-refractivity contribution in [1.29, 1.82) is 0 Å². The predicted molar refractivity (Wildman–Crippen MR) is 132 cm³/mol. The van der Waals surface area contributed by atoms with Crippen LogP contribution in [0, 0.1) is 0 Å². The highest BCUT2D eigenvalue weighted by Gasteiger charge is 2.53. The van der Waals surface area contributed by atoms with E-state index >= 15 is 0 Å². The van der Waals surface area contributed by atoms with E-state index in [0.717, 1.165) is 19.3 Å². The lowest BCUT2D eigenvalue weighted by atomic mass is 9.75. The number of amides is 1. The number of carbonyl (C=O) groups is 4. The fourth-order valence-electron chi connectivity index (χ4n) is 4.63. The summed E-state index contributed by atoms with van der Waals surface area (Å²) in [4.78, 5) is 52.8. The molecule has 0 aromatic heterocycles. The fourth-order valence-corrected chi connectivity index (χ4v) is 4.63. The monoisotopic (exact) mass is 483 g/mol. The molecule has 1 aromatic rings. The molecule has 1 aliphatic carbocycles. The number of nitrogens with zero attached hydrogens (tertiary/aromatic N) is 2. The molecular formula is C26H33N3O6. The van der Waals surface area contributed by atoms with Crippen molar-refractivity contribution in [2.45, 2.75) is 64.2 Å². The van der Waals surface area contributed by atoms with Crippen LogP contribution in [0.3, 0.4) is 0 Å². The Labute approximate surface area is 205 Å². The average molecular weight is 484 g/mol. The van der Waals surface area contributed by atoms with Gasteiger partial charge >= 0.3 is 11.9 Å². The smallest absolute Gasteiger partial charge is 0.307 e. The van der Waals surface area contributed by atoms with Crippen molar-refractivity contribution < 1.29 is 28.7 Å². The maximum atomic E-state index is 13.7. The summed E-state index contributed by atoms with van der Waals surface area (Å²) in [5, 5.41) is 4.34. The van der Waals surface area contributed by atoms with Crippen LogP contribution in [0.5, 0.6) is 0 Å². The first-order valence-corrected chi connectivity index (χ1v) is 12.1. The summed E-state index contributed by atoms with van der Waals surface area (Å²) in [6.07, 6.45) is 4.82. The maximum absolute atomic E-state index is 13.7. The van der Waals surface area contributed by atoms with Gasteiger partial charge in [-0.05, 0) is 56.9 Å². The zero-order chi connectivity index (χ0) is 25.4. The largest absolute Gasteiger partial charge is 0.466 e. The van der Waals surface area contributed by atoms with Gasteiger partial charge in [-0.2, -0.15) is 5.10 Å². The molecule has 188 valence electrons. The lowest BCUT2D eigenvalue weighted by Gasteiger charge is -2.27. The van der Waals surface area contributed by atoms with E-state index in [4.69, 9.17) is 9.47 Å². The van der Waals surface area contributed by atoms with Gasteiger partial charge in [0.05, 0.1) is 37.2 Å². The van der Waals surface area contributed by atoms with Gasteiger partial charge in [-0.15, -0.1) is 6.58 Å². The summed E-state index contributed by atoms with van der Waals surface area (Å²) in [5.74, 6) is -1.53. The highest BCUT2D eigenvalue weighted by atomic mass is 16.5. The van der Waals surface area contributed by atoms with Crippen LogP contribution in [0.15, 0.2) is 36.0 Å². The normalized spacial score (nSPS) is 18.1. The number of carbonyl (C=O) groups excluding carboxylic acids is 4. The molecule has 0 radical (unpaired) electrons. The topological polar surface area (TPSA) is 114 Å². The number of hydrogen-bond donors (Lipinski definition) is 1. The average Bonchev–Trinajstić information content (AvgIpc) is 2.94. The lowest BCUT2D eigenvalue weighted by molar-refractivity contribution is -0.151. The number of ether oxygens (including phenoxy) is 2. The Bertz CT molecular complexity index is 1010. The van der Waals surface area contributed by atoms with Crippen LogP contribution in [-0.2, 0) is 34.1 Å². The van der Waals surface area contributed by atoms with Crippen molar-refractivity contribution in [3.8, 4) is 0 Å². The van der Waals surface area contributed by atoms with E-state index in [0.29, 0.717) is 35.5 Å². The van der Waals surface area contributed by atoms with Crippen molar-refractivity contribution in [3.63, 3.8) is 0 Å². The number of rotatable bonds is 10. The van der Waals surface area contributed by atoms with E-state index in [2.05, 4.69) is 17.1 Å². The third-order valence-corrected chi connectivity index (χ3v) is 6.23. The van der Waals surface area contributed by atoms with Gasteiger partial charge in [-0.25, -0.2) is 0 Å². The first-order chi connectivity index (χ1) is 16.9. The molecule has 0 atom stereocenters. The molecule has 1 heterocycles. The van der Waals surface area contributed by atoms with Crippen molar-refractivity contribution in [2.75, 3.05) is 30.1 Å². The van der Waals surface area contributed by atoms with Crippen LogP contribution in [0.1, 0.15) is 64.4 Å². The molecule has 1 N–H and O–H groups in total. The van der Waals surface area contributed by atoms with Crippen LogP contribution in [0.25, 0.3) is 0 Å². The van der Waals surface area contributed by atoms with E-state index < -0.39 is 23.3 Å². The summed E-state index contributed by atoms with van der Waals surface area (Å²) < 4.78 is 10.3. The van der Waals surface area contributed by atoms with Gasteiger partial charge in [0.2, 0.25) is 5.91 Å². The standard InChI is InChI=1S/C26H33N3O6/c1-4-14-29-21-13-12-18(27-28-20-10-8-7-9-11-22(20)30)15-19(21)26(25(29)33,16-23(31)34-5-2)17-24(32)35-6-3/h4,12-13,15,27H,1,5-11,14,16-17H2,2-3H3/b28-20+. The van der Waals surface area contributed by atoms with Crippen LogP contribution in [0.2, 0.25) is 0 Å². The SMILES string of the molecule is C=CCN1C(=O)C(CC(=O)OCC)(CC(=O)OCC)c2cc(N/N=C3\CCCCCC3=O)ccc21. The number of nitrogens with one attached hydrogen (secondary N) is 1. The molecule has 9 heteroatoms. The van der Waals surface area contributed by atoms with E-state index in [-0.39, 0.29) is 38.4 Å². The fraction of sp³-hybridized carbons (Fsp3) is 0.500. The Morgan fingerprint density at radius 1 is 1.09 bits per heavy atom. The molecule has 1 fully saturated rings. The first kappa shape index (κ1) is 26.1. The zero-order valence-corrected chi connectivity index (χ0v) is 20.4. The highest BCUT2D eigenvalue weighted by molar-refractivity contribution is 6.40. The second-order valence-corrected chi connectivity index (χ2v) is 8.64. The number of hydrazone groups is 1. The highest BCUT2D eigenvalue weighted by Crippen LogP contribution is 2.48. The van der Waals surface area contributed by atoms with E-state index in [9.17, 15) is 19.2 Å². The molecule has 9 nitrogen and oxygen atoms in total. The molecular weight excluding hydrogens is 450 g/mol. The van der Waals surface area contributed by atoms with Crippen LogP contribution in [0.4, 0.5) is 11.4 Å². The molecule has 1 aromatic carbocycles. The van der Waals surface area contributed by atoms with Gasteiger partial charge in [0.15, 0.2) is 5.78 Å². The van der Waals surface area contributed by atoms with Gasteiger partial charge < -0.3 is 14.4 Å². The summed E-state index contributed by atoms with van der Waals surface area (Å²) in [7, 11) is 0. The van der Waals surface area contributed by atoms with Crippen LogP contribution >= 0.6 is 0 Å². The van der Waals surface area contributed by atoms with E-state index in [1.807, 2.05) is 0 Å². The van der Waals surface area contributed by atoms with Gasteiger partial charge in [0.25, 0.3) is 0 Å². The van der Waals surface area contributed by atoms with Crippen molar-refractivity contribution in [2.24, 2.45) is 5.10 Å². The van der Waals surface area contributed by atoms with Gasteiger partial charge in [0, 0.05) is 18.7 Å². The van der Waals surface area contributed by atoms with Gasteiger partial charge in [0.1, 0.15) is 5.71 Å². The molecule has 0 spiro atoms. The third kappa shape index (κ3) is 5.78. The predicted octanol–water partition coefficient (Wildman–Crippen LogP) is 3.66. The Kier molecular flexibility index (Phi) is 8.78. The molecule has 0 saturated heterocycles. The Morgan fingerprint density at radius 2 is 1.74 bits per heavy atom. The zero-order valence-electron chi connectivity index (χ0n) is 20.4. The number of fused-ring (bicyclic) bond motifs is 1. The maximum Gasteiger partial charge on any atom is 0.307 e. The van der Waals surface area contributed by atoms with Crippen molar-refractivity contribution >= 4 is 40.7 Å². The minimum atomic E-state index is -1.49. The number of hydrogen-bond acceptors (Lipinski definition) is 8. The first-order valence-electron chi connectivity index (χ1n) is 12.1. The molecule has 0 bridgehead atoms. The van der Waals surface area contributed by atoms with Crippen LogP contribution in [-0.4, -0.2) is 49.1 Å². The minimum absolute atomic E-state index is 0.0301. The van der Waals surface area contributed by atoms with Gasteiger partial charge in [-0.3, -0.25) is 24.6 Å². The molecule has 1 saturated carbocycles. The summed E-state index contributed by atoms with van der Waals surface area (Å²) in [5.41, 5.74) is 3.57. The second kappa shape index (κ2) is 11.8. The van der Waals surface area contributed by atoms with E-state index in [1.165, 1.54) is 4.90 Å². The summed E-state index contributed by atoms with van der Waals surface area (Å²) >= 11 is 0. The molecule has 1 amide bonds. The summed E-state index contributed by atoms with van der Waals surface area (Å²) in [6, 6.07) is 5.20. The molecule has 2 aliphatic rings. The number of anilines is 2. The molecule has 0 unspecified atom stereocenters. The number of benzene rings is 1. The third-order valence-electron chi connectivity index (χ3n) is 6.23. The summed E-state index contributed by atoms with van der Waals surface area (Å²) in [6.45, 7) is 7.61. The van der Waals surface area contributed by atoms with Gasteiger partial charge in [-0.1, -0.05) is 12.5 Å². The number of ketones is 1. The molecule has 35 heavy (non-hydrogen) atoms. The molecule has 3 rings (SSSR count). The van der Waals surface area contributed by atoms with E-state index in [1.54, 1.807) is 38.1 Å². The van der Waals surface area contributed by atoms with Crippen LogP contribution < -0.4 is 10.3 Å². The van der Waals surface area contributed by atoms with Crippen molar-refractivity contribution in [3.05, 3.63) is 36.4 Å². The molecule has 1 aliphatic heterocycles. The minimum Gasteiger partial charge on any atom is -0.466 e.